The lowest BCUT2D eigenvalue weighted by Crippen LogP contribution is -2.61. The van der Waals surface area contributed by atoms with E-state index in [4.69, 9.17) is 9.47 Å². The standard InChI is InChI=1S/C27H32N2O6/c1-17-8-7-13-27(14-17,25(31)32)29-24(30)23(16-34-2)28-26(33)35-15-22-20-11-5-3-9-18(20)19-10-4-6-12-21(19)22/h3-6,9-12,17,22-23H,7-8,13-16H2,1-2H3,(H,28,33)(H,29,30)(H,31,32)/t17?,23-,27?/m0/s1. The number of methoxy groups -OCH3 is 1. The van der Waals surface area contributed by atoms with Crippen molar-refractivity contribution in [1.29, 1.82) is 0 Å². The molecule has 2 unspecified atom stereocenters. The third-order valence-electron chi connectivity index (χ3n) is 7.05. The van der Waals surface area contributed by atoms with Crippen LogP contribution in [0.4, 0.5) is 4.79 Å². The molecule has 2 aromatic rings. The average Bonchev–Trinajstić information content (AvgIpc) is 3.16. The van der Waals surface area contributed by atoms with Crippen molar-refractivity contribution in [1.82, 2.24) is 10.6 Å². The van der Waals surface area contributed by atoms with Crippen LogP contribution >= 0.6 is 0 Å². The Morgan fingerprint density at radius 3 is 2.29 bits per heavy atom. The molecule has 2 aliphatic carbocycles. The van der Waals surface area contributed by atoms with E-state index >= 15 is 0 Å². The van der Waals surface area contributed by atoms with Crippen LogP contribution in [0.15, 0.2) is 48.5 Å². The topological polar surface area (TPSA) is 114 Å². The molecule has 0 saturated heterocycles. The van der Waals surface area contributed by atoms with Crippen molar-refractivity contribution in [2.75, 3.05) is 20.3 Å². The molecule has 8 nitrogen and oxygen atoms in total. The van der Waals surface area contributed by atoms with Gasteiger partial charge in [0.2, 0.25) is 5.91 Å². The fraction of sp³-hybridized carbons (Fsp3) is 0.444. The molecule has 35 heavy (non-hydrogen) atoms. The Labute approximate surface area is 205 Å². The number of hydrogen-bond acceptors (Lipinski definition) is 5. The van der Waals surface area contributed by atoms with Crippen molar-refractivity contribution in [2.45, 2.75) is 50.1 Å². The van der Waals surface area contributed by atoms with E-state index < -0.39 is 29.6 Å². The minimum absolute atomic E-state index is 0.109. The number of carboxylic acids is 1. The number of aliphatic carboxylic acids is 1. The molecular weight excluding hydrogens is 448 g/mol. The predicted octanol–water partition coefficient (Wildman–Crippen LogP) is 3.69. The Morgan fingerprint density at radius 1 is 1.09 bits per heavy atom. The number of carboxylic acid groups (broad SMARTS) is 1. The molecule has 0 aliphatic heterocycles. The second-order valence-electron chi connectivity index (χ2n) is 9.56. The van der Waals surface area contributed by atoms with Crippen molar-refractivity contribution in [3.8, 4) is 11.1 Å². The molecule has 0 radical (unpaired) electrons. The van der Waals surface area contributed by atoms with E-state index in [9.17, 15) is 19.5 Å². The summed E-state index contributed by atoms with van der Waals surface area (Å²) in [6.07, 6.45) is 1.57. The van der Waals surface area contributed by atoms with E-state index in [0.717, 1.165) is 28.7 Å². The zero-order valence-corrected chi connectivity index (χ0v) is 20.1. The highest BCUT2D eigenvalue weighted by molar-refractivity contribution is 5.91. The maximum atomic E-state index is 13.0. The van der Waals surface area contributed by atoms with E-state index in [-0.39, 0.29) is 25.0 Å². The largest absolute Gasteiger partial charge is 0.480 e. The van der Waals surface area contributed by atoms with Gasteiger partial charge in [0.25, 0.3) is 0 Å². The maximum absolute atomic E-state index is 13.0. The van der Waals surface area contributed by atoms with Crippen molar-refractivity contribution in [2.24, 2.45) is 5.92 Å². The van der Waals surface area contributed by atoms with Crippen molar-refractivity contribution in [3.63, 3.8) is 0 Å². The number of amides is 2. The van der Waals surface area contributed by atoms with Crippen molar-refractivity contribution in [3.05, 3.63) is 59.7 Å². The third-order valence-corrected chi connectivity index (χ3v) is 7.05. The van der Waals surface area contributed by atoms with E-state index in [1.807, 2.05) is 43.3 Å². The lowest BCUT2D eigenvalue weighted by Gasteiger charge is -2.37. The molecule has 186 valence electrons. The summed E-state index contributed by atoms with van der Waals surface area (Å²) < 4.78 is 10.7. The quantitative estimate of drug-likeness (QED) is 0.531. The molecule has 8 heteroatoms. The lowest BCUT2D eigenvalue weighted by molar-refractivity contribution is -0.150. The van der Waals surface area contributed by atoms with E-state index in [0.29, 0.717) is 19.3 Å². The number of fused-ring (bicyclic) bond motifs is 3. The molecule has 0 heterocycles. The van der Waals surface area contributed by atoms with Crippen LogP contribution in [0.1, 0.15) is 49.7 Å². The van der Waals surface area contributed by atoms with Crippen LogP contribution in [0.2, 0.25) is 0 Å². The molecule has 2 amide bonds. The van der Waals surface area contributed by atoms with Gasteiger partial charge in [-0.3, -0.25) is 4.79 Å². The first-order valence-corrected chi connectivity index (χ1v) is 12.0. The molecule has 0 bridgehead atoms. The molecular formula is C27H32N2O6. The predicted molar refractivity (Wildman–Crippen MR) is 130 cm³/mol. The van der Waals surface area contributed by atoms with Gasteiger partial charge in [-0.25, -0.2) is 9.59 Å². The SMILES string of the molecule is COC[C@H](NC(=O)OCC1c2ccccc2-c2ccccc21)C(=O)NC1(C(=O)O)CCCC(C)C1. The average molecular weight is 481 g/mol. The van der Waals surface area contributed by atoms with Gasteiger partial charge in [0, 0.05) is 13.0 Å². The minimum Gasteiger partial charge on any atom is -0.480 e. The van der Waals surface area contributed by atoms with Crippen LogP contribution in [0.5, 0.6) is 0 Å². The number of hydrogen-bond donors (Lipinski definition) is 3. The van der Waals surface area contributed by atoms with Crippen molar-refractivity contribution < 1.29 is 29.0 Å². The molecule has 3 atom stereocenters. The van der Waals surface area contributed by atoms with Crippen LogP contribution in [-0.4, -0.2) is 55.0 Å². The fourth-order valence-electron chi connectivity index (χ4n) is 5.37. The number of ether oxygens (including phenoxy) is 2. The van der Waals surface area contributed by atoms with Gasteiger partial charge in [-0.15, -0.1) is 0 Å². The van der Waals surface area contributed by atoms with Crippen LogP contribution in [-0.2, 0) is 19.1 Å². The van der Waals surface area contributed by atoms with Gasteiger partial charge in [-0.05, 0) is 41.0 Å². The van der Waals surface area contributed by atoms with Gasteiger partial charge in [0.1, 0.15) is 18.2 Å². The fourth-order valence-corrected chi connectivity index (χ4v) is 5.37. The zero-order valence-electron chi connectivity index (χ0n) is 20.1. The summed E-state index contributed by atoms with van der Waals surface area (Å²) >= 11 is 0. The monoisotopic (exact) mass is 480 g/mol. The number of rotatable bonds is 8. The van der Waals surface area contributed by atoms with Gasteiger partial charge in [-0.2, -0.15) is 0 Å². The minimum atomic E-state index is -1.34. The summed E-state index contributed by atoms with van der Waals surface area (Å²) in [4.78, 5) is 37.8. The second-order valence-corrected chi connectivity index (χ2v) is 9.56. The smallest absolute Gasteiger partial charge is 0.407 e. The first-order chi connectivity index (χ1) is 16.8. The van der Waals surface area contributed by atoms with Gasteiger partial charge in [0.15, 0.2) is 0 Å². The molecule has 0 spiro atoms. The Hall–Kier alpha value is -3.39. The zero-order chi connectivity index (χ0) is 25.0. The Bertz CT molecular complexity index is 1060. The molecule has 2 aliphatic rings. The summed E-state index contributed by atoms with van der Waals surface area (Å²) in [6.45, 7) is 1.98. The van der Waals surface area contributed by atoms with Crippen molar-refractivity contribution >= 4 is 18.0 Å². The van der Waals surface area contributed by atoms with E-state index in [1.54, 1.807) is 0 Å². The number of carbonyl (C=O) groups excluding carboxylic acids is 2. The summed E-state index contributed by atoms with van der Waals surface area (Å²) in [5.74, 6) is -1.59. The summed E-state index contributed by atoms with van der Waals surface area (Å²) in [7, 11) is 1.41. The second kappa shape index (κ2) is 10.5. The first-order valence-electron chi connectivity index (χ1n) is 12.0. The van der Waals surface area contributed by atoms with Gasteiger partial charge < -0.3 is 25.2 Å². The highest BCUT2D eigenvalue weighted by atomic mass is 16.5. The Balaban J connectivity index is 1.41. The number of carbonyl (C=O) groups is 3. The summed E-state index contributed by atoms with van der Waals surface area (Å²) in [5.41, 5.74) is 3.07. The van der Waals surface area contributed by atoms with E-state index in [1.165, 1.54) is 7.11 Å². The lowest BCUT2D eigenvalue weighted by atomic mass is 9.76. The molecule has 1 saturated carbocycles. The third kappa shape index (κ3) is 5.17. The van der Waals surface area contributed by atoms with Gasteiger partial charge >= 0.3 is 12.1 Å². The van der Waals surface area contributed by atoms with Gasteiger partial charge in [-0.1, -0.05) is 68.3 Å². The number of benzene rings is 2. The molecule has 0 aromatic heterocycles. The van der Waals surface area contributed by atoms with Crippen LogP contribution in [0.25, 0.3) is 11.1 Å². The van der Waals surface area contributed by atoms with Gasteiger partial charge in [0.05, 0.1) is 6.61 Å². The summed E-state index contributed by atoms with van der Waals surface area (Å²) in [6, 6.07) is 15.0. The molecule has 3 N–H and O–H groups in total. The van der Waals surface area contributed by atoms with Crippen LogP contribution in [0.3, 0.4) is 0 Å². The van der Waals surface area contributed by atoms with E-state index in [2.05, 4.69) is 22.8 Å². The highest BCUT2D eigenvalue weighted by Gasteiger charge is 2.44. The van der Waals surface area contributed by atoms with Crippen LogP contribution in [0, 0.1) is 5.92 Å². The van der Waals surface area contributed by atoms with Crippen LogP contribution < -0.4 is 10.6 Å². The summed E-state index contributed by atoms with van der Waals surface area (Å²) in [5, 5.41) is 15.1. The Kier molecular flexibility index (Phi) is 7.40. The Morgan fingerprint density at radius 2 is 1.71 bits per heavy atom. The highest BCUT2D eigenvalue weighted by Crippen LogP contribution is 2.44. The number of alkyl carbamates (subject to hydrolysis) is 1. The molecule has 4 rings (SSSR count). The molecule has 1 fully saturated rings. The molecule has 2 aromatic carbocycles. The first kappa shape index (κ1) is 24.7. The maximum Gasteiger partial charge on any atom is 0.407 e. The number of nitrogens with one attached hydrogen (secondary N) is 2. The normalized spacial score (nSPS) is 21.9.